The summed E-state index contributed by atoms with van der Waals surface area (Å²) in [7, 11) is 0. The average molecular weight is 303 g/mol. The van der Waals surface area contributed by atoms with E-state index in [-0.39, 0.29) is 28.7 Å². The van der Waals surface area contributed by atoms with Crippen molar-refractivity contribution in [2.75, 3.05) is 13.2 Å². The van der Waals surface area contributed by atoms with Crippen LogP contribution in [0.25, 0.3) is 0 Å². The van der Waals surface area contributed by atoms with E-state index in [9.17, 15) is 9.90 Å². The van der Waals surface area contributed by atoms with Crippen LogP contribution in [0.4, 0.5) is 0 Å². The molecule has 0 radical (unpaired) electrons. The second kappa shape index (κ2) is 6.55. The molecule has 1 N–H and O–H groups in total. The van der Waals surface area contributed by atoms with E-state index in [1.165, 1.54) is 12.3 Å². The number of likely N-dealkylation sites (tertiary alicyclic amines) is 1. The van der Waals surface area contributed by atoms with E-state index in [1.54, 1.807) is 4.90 Å². The van der Waals surface area contributed by atoms with Gasteiger partial charge in [0, 0.05) is 12.7 Å². The number of rotatable bonds is 2. The molecular formula is C13H16Cl2N2O2. The molecule has 1 fully saturated rings. The number of halogens is 2. The van der Waals surface area contributed by atoms with E-state index in [2.05, 4.69) is 4.98 Å². The number of aliphatic hydroxyl groups excluding tert-OH is 1. The average Bonchev–Trinajstić information content (AvgIpc) is 2.65. The Morgan fingerprint density at radius 1 is 1.42 bits per heavy atom. The monoisotopic (exact) mass is 302 g/mol. The lowest BCUT2D eigenvalue weighted by molar-refractivity contribution is 0.0600. The Labute approximate surface area is 122 Å². The number of nitrogens with zero attached hydrogens (tertiary/aromatic N) is 2. The highest BCUT2D eigenvalue weighted by Gasteiger charge is 2.27. The summed E-state index contributed by atoms with van der Waals surface area (Å²) in [5, 5.41) is 9.97. The van der Waals surface area contributed by atoms with Gasteiger partial charge in [0.25, 0.3) is 5.91 Å². The zero-order valence-corrected chi connectivity index (χ0v) is 12.0. The first kappa shape index (κ1) is 14.6. The summed E-state index contributed by atoms with van der Waals surface area (Å²) < 4.78 is 0. The number of pyridine rings is 1. The van der Waals surface area contributed by atoms with Gasteiger partial charge in [-0.05, 0) is 18.9 Å². The Kier molecular flexibility index (Phi) is 5.02. The van der Waals surface area contributed by atoms with Gasteiger partial charge in [0.15, 0.2) is 0 Å². The van der Waals surface area contributed by atoms with Crippen LogP contribution < -0.4 is 0 Å². The van der Waals surface area contributed by atoms with Gasteiger partial charge in [-0.15, -0.1) is 0 Å². The molecule has 1 amide bonds. The topological polar surface area (TPSA) is 53.4 Å². The van der Waals surface area contributed by atoms with Crippen molar-refractivity contribution in [1.29, 1.82) is 0 Å². The molecule has 1 atom stereocenters. The summed E-state index contributed by atoms with van der Waals surface area (Å²) in [6.07, 6.45) is 5.24. The summed E-state index contributed by atoms with van der Waals surface area (Å²) in [5.41, 5.74) is 0.349. The van der Waals surface area contributed by atoms with E-state index < -0.39 is 0 Å². The lowest BCUT2D eigenvalue weighted by atomic mass is 10.1. The van der Waals surface area contributed by atoms with Gasteiger partial charge in [-0.25, -0.2) is 4.98 Å². The number of amides is 1. The highest BCUT2D eigenvalue weighted by Crippen LogP contribution is 2.24. The van der Waals surface area contributed by atoms with Gasteiger partial charge in [-0.1, -0.05) is 36.0 Å². The molecule has 1 unspecified atom stereocenters. The Balaban J connectivity index is 2.27. The molecule has 4 nitrogen and oxygen atoms in total. The molecule has 1 aromatic rings. The highest BCUT2D eigenvalue weighted by atomic mass is 35.5. The largest absolute Gasteiger partial charge is 0.394 e. The van der Waals surface area contributed by atoms with E-state index in [0.29, 0.717) is 12.1 Å². The summed E-state index contributed by atoms with van der Waals surface area (Å²) in [4.78, 5) is 18.1. The Bertz CT molecular complexity index is 468. The lowest BCUT2D eigenvalue weighted by Gasteiger charge is -2.29. The Hall–Kier alpha value is -0.840. The van der Waals surface area contributed by atoms with Crippen molar-refractivity contribution in [2.45, 2.75) is 31.7 Å². The quantitative estimate of drug-likeness (QED) is 0.855. The molecule has 6 heteroatoms. The fraction of sp³-hybridized carbons (Fsp3) is 0.538. The van der Waals surface area contributed by atoms with Gasteiger partial charge in [0.1, 0.15) is 5.15 Å². The zero-order valence-electron chi connectivity index (χ0n) is 10.5. The molecule has 0 aliphatic carbocycles. The molecule has 0 aromatic carbocycles. The van der Waals surface area contributed by atoms with Gasteiger partial charge in [0.2, 0.25) is 0 Å². The van der Waals surface area contributed by atoms with Gasteiger partial charge in [-0.2, -0.15) is 0 Å². The van der Waals surface area contributed by atoms with Crippen LogP contribution in [0, 0.1) is 0 Å². The smallest absolute Gasteiger partial charge is 0.255 e. The zero-order chi connectivity index (χ0) is 13.8. The van der Waals surface area contributed by atoms with Crippen molar-refractivity contribution in [1.82, 2.24) is 9.88 Å². The molecule has 2 rings (SSSR count). The molecule has 104 valence electrons. The number of hydrogen-bond donors (Lipinski definition) is 1. The van der Waals surface area contributed by atoms with Gasteiger partial charge in [0.05, 0.1) is 23.2 Å². The third kappa shape index (κ3) is 3.38. The van der Waals surface area contributed by atoms with Crippen LogP contribution in [0.2, 0.25) is 10.2 Å². The summed E-state index contributed by atoms with van der Waals surface area (Å²) in [6, 6.07) is 1.34. The number of carbonyl (C=O) groups is 1. The first-order valence-electron chi connectivity index (χ1n) is 6.36. The first-order chi connectivity index (χ1) is 9.13. The van der Waals surface area contributed by atoms with Crippen LogP contribution in [-0.4, -0.2) is 40.1 Å². The number of carbonyl (C=O) groups excluding carboxylic acids is 1. The second-order valence-electron chi connectivity index (χ2n) is 4.67. The molecule has 2 heterocycles. The fourth-order valence-electron chi connectivity index (χ4n) is 2.37. The molecule has 0 saturated carbocycles. The highest BCUT2D eigenvalue weighted by molar-refractivity contribution is 6.35. The number of aromatic nitrogens is 1. The van der Waals surface area contributed by atoms with Crippen LogP contribution in [-0.2, 0) is 0 Å². The number of aliphatic hydroxyl groups is 1. The fourth-order valence-corrected chi connectivity index (χ4v) is 2.71. The molecule has 19 heavy (non-hydrogen) atoms. The van der Waals surface area contributed by atoms with Crippen molar-refractivity contribution >= 4 is 29.1 Å². The van der Waals surface area contributed by atoms with Crippen LogP contribution in [0.3, 0.4) is 0 Å². The van der Waals surface area contributed by atoms with E-state index in [0.717, 1.165) is 25.7 Å². The molecule has 1 aliphatic heterocycles. The van der Waals surface area contributed by atoms with E-state index in [1.807, 2.05) is 0 Å². The molecule has 1 aromatic heterocycles. The third-order valence-electron chi connectivity index (χ3n) is 3.40. The van der Waals surface area contributed by atoms with Crippen LogP contribution >= 0.6 is 23.2 Å². The standard InChI is InChI=1S/C13H16Cl2N2O2/c14-11-7-16-12(15)6-10(11)13(19)17-5-3-1-2-4-9(17)8-18/h6-7,9,18H,1-5,8H2. The third-order valence-corrected chi connectivity index (χ3v) is 3.91. The van der Waals surface area contributed by atoms with Gasteiger partial charge >= 0.3 is 0 Å². The molecular weight excluding hydrogens is 287 g/mol. The molecule has 0 bridgehead atoms. The van der Waals surface area contributed by atoms with Crippen molar-refractivity contribution in [3.8, 4) is 0 Å². The minimum atomic E-state index is -0.185. The van der Waals surface area contributed by atoms with Gasteiger partial charge < -0.3 is 10.0 Å². The minimum Gasteiger partial charge on any atom is -0.394 e. The summed E-state index contributed by atoms with van der Waals surface area (Å²) in [5.74, 6) is -0.185. The maximum Gasteiger partial charge on any atom is 0.255 e. The van der Waals surface area contributed by atoms with Crippen molar-refractivity contribution < 1.29 is 9.90 Å². The van der Waals surface area contributed by atoms with Crippen molar-refractivity contribution in [3.05, 3.63) is 28.0 Å². The molecule has 1 aliphatic rings. The van der Waals surface area contributed by atoms with Crippen molar-refractivity contribution in [3.63, 3.8) is 0 Å². The van der Waals surface area contributed by atoms with Crippen LogP contribution in [0.1, 0.15) is 36.0 Å². The molecule has 1 saturated heterocycles. The number of hydrogen-bond acceptors (Lipinski definition) is 3. The van der Waals surface area contributed by atoms with Crippen molar-refractivity contribution in [2.24, 2.45) is 0 Å². The lowest BCUT2D eigenvalue weighted by Crippen LogP contribution is -2.42. The van der Waals surface area contributed by atoms with Gasteiger partial charge in [-0.3, -0.25) is 4.79 Å². The second-order valence-corrected chi connectivity index (χ2v) is 5.47. The Morgan fingerprint density at radius 2 is 2.21 bits per heavy atom. The van der Waals surface area contributed by atoms with Crippen LogP contribution in [0.15, 0.2) is 12.3 Å². The van der Waals surface area contributed by atoms with E-state index in [4.69, 9.17) is 23.2 Å². The van der Waals surface area contributed by atoms with E-state index >= 15 is 0 Å². The molecule has 0 spiro atoms. The first-order valence-corrected chi connectivity index (χ1v) is 7.12. The predicted molar refractivity (Wildman–Crippen MR) is 74.6 cm³/mol. The minimum absolute atomic E-state index is 0.0256. The normalized spacial score (nSPS) is 20.2. The van der Waals surface area contributed by atoms with Crippen LogP contribution in [0.5, 0.6) is 0 Å². The summed E-state index contributed by atoms with van der Waals surface area (Å²) >= 11 is 11.8. The maximum atomic E-state index is 12.5. The SMILES string of the molecule is O=C(c1cc(Cl)ncc1Cl)N1CCCCCC1CO. The Morgan fingerprint density at radius 3 is 2.95 bits per heavy atom. The maximum absolute atomic E-state index is 12.5. The predicted octanol–water partition coefficient (Wildman–Crippen LogP) is 2.77. The summed E-state index contributed by atoms with van der Waals surface area (Å²) in [6.45, 7) is 0.614.